The summed E-state index contributed by atoms with van der Waals surface area (Å²) in [7, 11) is 0. The van der Waals surface area contributed by atoms with Crippen molar-refractivity contribution in [1.29, 1.82) is 0 Å². The van der Waals surface area contributed by atoms with Crippen LogP contribution in [0.15, 0.2) is 48.5 Å². The van der Waals surface area contributed by atoms with Crippen LogP contribution >= 0.6 is 0 Å². The molecule has 1 aromatic heterocycles. The molecule has 0 aliphatic rings. The van der Waals surface area contributed by atoms with Crippen molar-refractivity contribution in [2.45, 2.75) is 6.92 Å². The summed E-state index contributed by atoms with van der Waals surface area (Å²) in [6.45, 7) is 1.41. The molecule has 6 nitrogen and oxygen atoms in total. The summed E-state index contributed by atoms with van der Waals surface area (Å²) in [5.41, 5.74) is 2.79. The summed E-state index contributed by atoms with van der Waals surface area (Å²) in [5, 5.41) is 12.4. The summed E-state index contributed by atoms with van der Waals surface area (Å²) < 4.78 is 5.11. The maximum atomic E-state index is 12.4. The molecular weight excluding hydrogens is 308 g/mol. The molecule has 0 aliphatic carbocycles. The van der Waals surface area contributed by atoms with Gasteiger partial charge in [-0.05, 0) is 42.8 Å². The smallest absolute Gasteiger partial charge is 0.341 e. The zero-order chi connectivity index (χ0) is 17.1. The van der Waals surface area contributed by atoms with Gasteiger partial charge in [0.1, 0.15) is 11.4 Å². The highest BCUT2D eigenvalue weighted by Crippen LogP contribution is 2.22. The number of aromatic nitrogens is 1. The topological polar surface area (TPSA) is 91.4 Å². The van der Waals surface area contributed by atoms with E-state index in [1.54, 1.807) is 24.3 Å². The van der Waals surface area contributed by atoms with Gasteiger partial charge in [0, 0.05) is 16.6 Å². The number of aliphatic carboxylic acids is 1. The molecule has 0 saturated carbocycles. The Kier molecular flexibility index (Phi) is 4.20. The van der Waals surface area contributed by atoms with Gasteiger partial charge in [-0.15, -0.1) is 0 Å². The lowest BCUT2D eigenvalue weighted by molar-refractivity contribution is -0.139. The number of carbonyl (C=O) groups is 2. The zero-order valence-electron chi connectivity index (χ0n) is 13.0. The first kappa shape index (κ1) is 15.6. The molecule has 0 fully saturated rings. The molecule has 0 bridgehead atoms. The fraction of sp³-hybridized carbons (Fsp3) is 0.111. The fourth-order valence-corrected chi connectivity index (χ4v) is 2.40. The minimum absolute atomic E-state index is 0.242. The lowest BCUT2D eigenvalue weighted by atomic mass is 10.2. The van der Waals surface area contributed by atoms with Gasteiger partial charge in [-0.3, -0.25) is 4.79 Å². The van der Waals surface area contributed by atoms with Gasteiger partial charge >= 0.3 is 5.97 Å². The molecule has 0 saturated heterocycles. The molecule has 2 aromatic carbocycles. The predicted octanol–water partition coefficient (Wildman–Crippen LogP) is 3.19. The van der Waals surface area contributed by atoms with Crippen LogP contribution in [-0.4, -0.2) is 28.6 Å². The van der Waals surface area contributed by atoms with E-state index in [2.05, 4.69) is 10.3 Å². The number of hydrogen-bond acceptors (Lipinski definition) is 3. The van der Waals surface area contributed by atoms with E-state index in [4.69, 9.17) is 9.84 Å². The van der Waals surface area contributed by atoms with Gasteiger partial charge in [-0.1, -0.05) is 18.2 Å². The average Bonchev–Trinajstić information content (AvgIpc) is 2.99. The van der Waals surface area contributed by atoms with Gasteiger partial charge in [0.25, 0.3) is 5.91 Å². The number of anilines is 1. The van der Waals surface area contributed by atoms with Crippen molar-refractivity contribution < 1.29 is 19.4 Å². The van der Waals surface area contributed by atoms with Crippen LogP contribution in [0.4, 0.5) is 5.69 Å². The van der Waals surface area contributed by atoms with E-state index >= 15 is 0 Å². The Morgan fingerprint density at radius 2 is 1.96 bits per heavy atom. The summed E-state index contributed by atoms with van der Waals surface area (Å²) >= 11 is 0. The predicted molar refractivity (Wildman–Crippen MR) is 90.6 cm³/mol. The molecule has 0 unspecified atom stereocenters. The maximum Gasteiger partial charge on any atom is 0.341 e. The average molecular weight is 324 g/mol. The van der Waals surface area contributed by atoms with E-state index in [1.807, 2.05) is 31.2 Å². The van der Waals surface area contributed by atoms with Gasteiger partial charge < -0.3 is 20.1 Å². The van der Waals surface area contributed by atoms with Crippen molar-refractivity contribution in [1.82, 2.24) is 4.98 Å². The van der Waals surface area contributed by atoms with Crippen molar-refractivity contribution >= 4 is 28.5 Å². The van der Waals surface area contributed by atoms with Gasteiger partial charge in [-0.25, -0.2) is 4.79 Å². The SMILES string of the molecule is Cc1cc(OCC(=O)O)ccc1NC(=O)c1cc2ccccc2[nH]1. The monoisotopic (exact) mass is 324 g/mol. The van der Waals surface area contributed by atoms with Gasteiger partial charge in [0.05, 0.1) is 0 Å². The molecule has 0 spiro atoms. The van der Waals surface area contributed by atoms with Crippen LogP contribution in [-0.2, 0) is 4.79 Å². The fourth-order valence-electron chi connectivity index (χ4n) is 2.40. The largest absolute Gasteiger partial charge is 0.482 e. The minimum Gasteiger partial charge on any atom is -0.482 e. The molecular formula is C18H16N2O4. The highest BCUT2D eigenvalue weighted by atomic mass is 16.5. The number of carboxylic acids is 1. The van der Waals surface area contributed by atoms with Gasteiger partial charge in [0.15, 0.2) is 6.61 Å². The molecule has 0 radical (unpaired) electrons. The van der Waals surface area contributed by atoms with Crippen LogP contribution in [0.5, 0.6) is 5.75 Å². The van der Waals surface area contributed by atoms with Crippen LogP contribution in [0.3, 0.4) is 0 Å². The number of fused-ring (bicyclic) bond motifs is 1. The van der Waals surface area contributed by atoms with Crippen LogP contribution in [0.2, 0.25) is 0 Å². The van der Waals surface area contributed by atoms with Crippen molar-refractivity contribution in [3.05, 3.63) is 59.8 Å². The Bertz CT molecular complexity index is 881. The number of H-pyrrole nitrogens is 1. The molecule has 1 heterocycles. The lowest BCUT2D eigenvalue weighted by Crippen LogP contribution is -2.13. The summed E-state index contributed by atoms with van der Waals surface area (Å²) in [6, 6.07) is 14.4. The second kappa shape index (κ2) is 6.45. The first-order valence-corrected chi connectivity index (χ1v) is 7.37. The highest BCUT2D eigenvalue weighted by Gasteiger charge is 2.11. The molecule has 24 heavy (non-hydrogen) atoms. The number of aryl methyl sites for hydroxylation is 1. The Balaban J connectivity index is 1.75. The number of carbonyl (C=O) groups excluding carboxylic acids is 1. The first-order valence-electron chi connectivity index (χ1n) is 7.37. The number of aromatic amines is 1. The van der Waals surface area contributed by atoms with Crippen LogP contribution in [0, 0.1) is 6.92 Å². The molecule has 0 atom stereocenters. The molecule has 1 amide bonds. The van der Waals surface area contributed by atoms with Crippen LogP contribution in [0.25, 0.3) is 10.9 Å². The van der Waals surface area contributed by atoms with E-state index in [0.717, 1.165) is 16.5 Å². The molecule has 3 N–H and O–H groups in total. The molecule has 0 aliphatic heterocycles. The quantitative estimate of drug-likeness (QED) is 0.672. The van der Waals surface area contributed by atoms with Crippen molar-refractivity contribution in [3.8, 4) is 5.75 Å². The summed E-state index contributed by atoms with van der Waals surface area (Å²) in [6.07, 6.45) is 0. The number of ether oxygens (including phenoxy) is 1. The van der Waals surface area contributed by atoms with Crippen molar-refractivity contribution in [3.63, 3.8) is 0 Å². The van der Waals surface area contributed by atoms with Crippen LogP contribution < -0.4 is 10.1 Å². The van der Waals surface area contributed by atoms with Gasteiger partial charge in [0.2, 0.25) is 0 Å². The third-order valence-corrected chi connectivity index (χ3v) is 3.58. The number of hydrogen-bond donors (Lipinski definition) is 3. The second-order valence-electron chi connectivity index (χ2n) is 5.38. The summed E-state index contributed by atoms with van der Waals surface area (Å²) in [4.78, 5) is 26.0. The van der Waals surface area contributed by atoms with E-state index in [-0.39, 0.29) is 5.91 Å². The molecule has 3 rings (SSSR count). The van der Waals surface area contributed by atoms with Crippen LogP contribution in [0.1, 0.15) is 16.1 Å². The Hall–Kier alpha value is -3.28. The molecule has 3 aromatic rings. The van der Waals surface area contributed by atoms with Crippen molar-refractivity contribution in [2.75, 3.05) is 11.9 Å². The standard InChI is InChI=1S/C18H16N2O4/c1-11-8-13(24-10-17(21)22)6-7-14(11)20-18(23)16-9-12-4-2-3-5-15(12)19-16/h2-9,19H,10H2,1H3,(H,20,23)(H,21,22). The number of benzene rings is 2. The number of amides is 1. The van der Waals surface area contributed by atoms with Crippen molar-refractivity contribution in [2.24, 2.45) is 0 Å². The van der Waals surface area contributed by atoms with E-state index < -0.39 is 12.6 Å². The Labute approximate surface area is 138 Å². The summed E-state index contributed by atoms with van der Waals surface area (Å²) in [5.74, 6) is -0.837. The number of carboxylic acid groups (broad SMARTS) is 1. The molecule has 122 valence electrons. The maximum absolute atomic E-state index is 12.4. The van der Waals surface area contributed by atoms with E-state index in [0.29, 0.717) is 17.1 Å². The Morgan fingerprint density at radius 3 is 2.67 bits per heavy atom. The third-order valence-electron chi connectivity index (χ3n) is 3.58. The zero-order valence-corrected chi connectivity index (χ0v) is 13.0. The van der Waals surface area contributed by atoms with E-state index in [1.165, 1.54) is 0 Å². The number of rotatable bonds is 5. The Morgan fingerprint density at radius 1 is 1.17 bits per heavy atom. The second-order valence-corrected chi connectivity index (χ2v) is 5.38. The lowest BCUT2D eigenvalue weighted by Gasteiger charge is -2.10. The third kappa shape index (κ3) is 3.38. The molecule has 6 heteroatoms. The number of para-hydroxylation sites is 1. The van der Waals surface area contributed by atoms with E-state index in [9.17, 15) is 9.59 Å². The minimum atomic E-state index is -1.04. The van der Waals surface area contributed by atoms with Gasteiger partial charge in [-0.2, -0.15) is 0 Å². The highest BCUT2D eigenvalue weighted by molar-refractivity contribution is 6.06. The first-order chi connectivity index (χ1) is 11.5. The normalized spacial score (nSPS) is 10.5. The number of nitrogens with one attached hydrogen (secondary N) is 2.